The largest absolute Gasteiger partial charge is 0.354 e. The molecule has 1 saturated heterocycles. The third kappa shape index (κ3) is 5.30. The van der Waals surface area contributed by atoms with Crippen molar-refractivity contribution in [2.75, 3.05) is 24.6 Å². The quantitative estimate of drug-likeness (QED) is 0.805. The number of carbonyl (C=O) groups is 2. The number of benzene rings is 1. The number of hydrogen-bond acceptors (Lipinski definition) is 4. The molecule has 1 aliphatic heterocycles. The second-order valence-corrected chi connectivity index (χ2v) is 8.16. The van der Waals surface area contributed by atoms with Crippen LogP contribution in [0.5, 0.6) is 0 Å². The van der Waals surface area contributed by atoms with Gasteiger partial charge in [-0.2, -0.15) is 0 Å². The third-order valence-electron chi connectivity index (χ3n) is 4.02. The summed E-state index contributed by atoms with van der Waals surface area (Å²) >= 11 is 0. The summed E-state index contributed by atoms with van der Waals surface area (Å²) in [6, 6.07) is 5.57. The maximum absolute atomic E-state index is 12.8. The average molecular weight is 356 g/mol. The molecule has 8 heteroatoms. The molecule has 1 aromatic rings. The fourth-order valence-electron chi connectivity index (χ4n) is 2.73. The van der Waals surface area contributed by atoms with Crippen molar-refractivity contribution in [2.45, 2.75) is 25.8 Å². The van der Waals surface area contributed by atoms with E-state index in [0.717, 1.165) is 5.56 Å². The van der Waals surface area contributed by atoms with E-state index in [1.54, 1.807) is 12.1 Å². The van der Waals surface area contributed by atoms with Crippen LogP contribution < -0.4 is 5.32 Å². The minimum atomic E-state index is -3.12. The van der Waals surface area contributed by atoms with Gasteiger partial charge in [-0.3, -0.25) is 9.59 Å². The smallest absolute Gasteiger partial charge is 0.239 e. The van der Waals surface area contributed by atoms with E-state index >= 15 is 0 Å². The van der Waals surface area contributed by atoms with E-state index in [1.165, 1.54) is 24.0 Å². The molecule has 2 amide bonds. The van der Waals surface area contributed by atoms with Gasteiger partial charge >= 0.3 is 0 Å². The molecule has 1 heterocycles. The van der Waals surface area contributed by atoms with Crippen LogP contribution in [0.4, 0.5) is 4.39 Å². The molecular formula is C16H21FN2O4S. The van der Waals surface area contributed by atoms with Crippen molar-refractivity contribution in [3.05, 3.63) is 35.6 Å². The van der Waals surface area contributed by atoms with Crippen LogP contribution >= 0.6 is 0 Å². The van der Waals surface area contributed by atoms with Gasteiger partial charge in [0.05, 0.1) is 18.1 Å². The predicted octanol–water partition coefficient (Wildman–Crippen LogP) is 0.520. The van der Waals surface area contributed by atoms with Gasteiger partial charge in [0, 0.05) is 19.5 Å². The van der Waals surface area contributed by atoms with Gasteiger partial charge in [0.15, 0.2) is 9.84 Å². The Hall–Kier alpha value is -1.96. The van der Waals surface area contributed by atoms with Crippen LogP contribution in [-0.2, 0) is 25.8 Å². The molecule has 0 aromatic heterocycles. The standard InChI is InChI=1S/C16H21FN2O4S/c1-12(20)19(15-7-9-24(22,23)11-15)10-16(21)18-8-6-13-2-4-14(17)5-3-13/h2-5,15H,6-11H2,1H3,(H,18,21). The number of carbonyl (C=O) groups excluding carboxylic acids is 2. The molecule has 1 fully saturated rings. The SMILES string of the molecule is CC(=O)N(CC(=O)NCCc1ccc(F)cc1)C1CCS(=O)(=O)C1. The first-order valence-corrected chi connectivity index (χ1v) is 9.58. The summed E-state index contributed by atoms with van der Waals surface area (Å²) in [5.74, 6) is -1.00. The van der Waals surface area contributed by atoms with Crippen LogP contribution in [0.1, 0.15) is 18.9 Å². The number of sulfone groups is 1. The zero-order valence-corrected chi connectivity index (χ0v) is 14.3. The first kappa shape index (κ1) is 18.4. The zero-order valence-electron chi connectivity index (χ0n) is 13.5. The Morgan fingerprint density at radius 3 is 2.50 bits per heavy atom. The van der Waals surface area contributed by atoms with Gasteiger partial charge < -0.3 is 10.2 Å². The van der Waals surface area contributed by atoms with Crippen molar-refractivity contribution in [3.63, 3.8) is 0 Å². The highest BCUT2D eigenvalue weighted by Gasteiger charge is 2.34. The number of nitrogens with zero attached hydrogens (tertiary/aromatic N) is 1. The van der Waals surface area contributed by atoms with Gasteiger partial charge in [-0.25, -0.2) is 12.8 Å². The molecule has 1 atom stereocenters. The van der Waals surface area contributed by atoms with Crippen LogP contribution in [0.25, 0.3) is 0 Å². The van der Waals surface area contributed by atoms with E-state index < -0.39 is 15.9 Å². The second kappa shape index (κ2) is 7.74. The van der Waals surface area contributed by atoms with Crippen LogP contribution in [0.15, 0.2) is 24.3 Å². The summed E-state index contributed by atoms with van der Waals surface area (Å²) in [4.78, 5) is 25.0. The van der Waals surface area contributed by atoms with Crippen molar-refractivity contribution >= 4 is 21.7 Å². The Balaban J connectivity index is 1.82. The molecule has 1 unspecified atom stereocenters. The van der Waals surface area contributed by atoms with Crippen LogP contribution in [-0.4, -0.2) is 55.8 Å². The first-order valence-electron chi connectivity index (χ1n) is 7.75. The lowest BCUT2D eigenvalue weighted by molar-refractivity contribution is -0.136. The fraction of sp³-hybridized carbons (Fsp3) is 0.500. The number of rotatable bonds is 6. The summed E-state index contributed by atoms with van der Waals surface area (Å²) < 4.78 is 35.9. The molecule has 0 radical (unpaired) electrons. The summed E-state index contributed by atoms with van der Waals surface area (Å²) in [6.07, 6.45) is 0.911. The zero-order chi connectivity index (χ0) is 17.7. The Morgan fingerprint density at radius 1 is 1.29 bits per heavy atom. The van der Waals surface area contributed by atoms with Gasteiger partial charge in [-0.15, -0.1) is 0 Å². The number of halogens is 1. The summed E-state index contributed by atoms with van der Waals surface area (Å²) in [7, 11) is -3.12. The van der Waals surface area contributed by atoms with E-state index in [1.807, 2.05) is 0 Å². The molecule has 24 heavy (non-hydrogen) atoms. The Labute approximate surface area is 140 Å². The second-order valence-electron chi connectivity index (χ2n) is 5.93. The molecule has 0 spiro atoms. The fourth-order valence-corrected chi connectivity index (χ4v) is 4.46. The van der Waals surface area contributed by atoms with Gasteiger partial charge in [-0.05, 0) is 30.5 Å². The highest BCUT2D eigenvalue weighted by molar-refractivity contribution is 7.91. The molecule has 132 valence electrons. The van der Waals surface area contributed by atoms with Crippen molar-refractivity contribution in [3.8, 4) is 0 Å². The Bertz CT molecular complexity index is 703. The van der Waals surface area contributed by atoms with Crippen molar-refractivity contribution in [1.29, 1.82) is 0 Å². The monoisotopic (exact) mass is 356 g/mol. The van der Waals surface area contributed by atoms with Gasteiger partial charge in [0.2, 0.25) is 11.8 Å². The van der Waals surface area contributed by atoms with E-state index in [4.69, 9.17) is 0 Å². The number of amides is 2. The summed E-state index contributed by atoms with van der Waals surface area (Å²) in [5, 5.41) is 2.70. The van der Waals surface area contributed by atoms with E-state index in [2.05, 4.69) is 5.32 Å². The van der Waals surface area contributed by atoms with Gasteiger partial charge in [0.1, 0.15) is 5.82 Å². The van der Waals surface area contributed by atoms with E-state index in [9.17, 15) is 22.4 Å². The number of nitrogens with one attached hydrogen (secondary N) is 1. The van der Waals surface area contributed by atoms with Gasteiger partial charge in [-0.1, -0.05) is 12.1 Å². The maximum Gasteiger partial charge on any atom is 0.239 e. The van der Waals surface area contributed by atoms with E-state index in [-0.39, 0.29) is 35.7 Å². The molecular weight excluding hydrogens is 335 g/mol. The number of hydrogen-bond donors (Lipinski definition) is 1. The highest BCUT2D eigenvalue weighted by Crippen LogP contribution is 2.17. The lowest BCUT2D eigenvalue weighted by Crippen LogP contribution is -2.46. The molecule has 6 nitrogen and oxygen atoms in total. The molecule has 1 aliphatic rings. The molecule has 0 bridgehead atoms. The molecule has 1 aromatic carbocycles. The summed E-state index contributed by atoms with van der Waals surface area (Å²) in [6.45, 7) is 1.54. The minimum absolute atomic E-state index is 0.0492. The molecule has 2 rings (SSSR count). The third-order valence-corrected chi connectivity index (χ3v) is 5.77. The van der Waals surface area contributed by atoms with Crippen molar-refractivity contribution in [2.24, 2.45) is 0 Å². The normalized spacial score (nSPS) is 19.0. The maximum atomic E-state index is 12.8. The lowest BCUT2D eigenvalue weighted by Gasteiger charge is -2.26. The molecule has 0 aliphatic carbocycles. The van der Waals surface area contributed by atoms with Crippen LogP contribution in [0.2, 0.25) is 0 Å². The van der Waals surface area contributed by atoms with E-state index in [0.29, 0.717) is 19.4 Å². The van der Waals surface area contributed by atoms with Crippen molar-refractivity contribution in [1.82, 2.24) is 10.2 Å². The lowest BCUT2D eigenvalue weighted by atomic mass is 10.1. The summed E-state index contributed by atoms with van der Waals surface area (Å²) in [5.41, 5.74) is 0.891. The predicted molar refractivity (Wildman–Crippen MR) is 87.6 cm³/mol. The Morgan fingerprint density at radius 2 is 1.96 bits per heavy atom. The van der Waals surface area contributed by atoms with Gasteiger partial charge in [0.25, 0.3) is 0 Å². The minimum Gasteiger partial charge on any atom is -0.354 e. The first-order chi connectivity index (χ1) is 11.3. The topological polar surface area (TPSA) is 83.6 Å². The molecule has 1 N–H and O–H groups in total. The molecule has 0 saturated carbocycles. The highest BCUT2D eigenvalue weighted by atomic mass is 32.2. The average Bonchev–Trinajstić information content (AvgIpc) is 2.86. The van der Waals surface area contributed by atoms with Crippen LogP contribution in [0, 0.1) is 5.82 Å². The van der Waals surface area contributed by atoms with Crippen molar-refractivity contribution < 1.29 is 22.4 Å². The van der Waals surface area contributed by atoms with Crippen LogP contribution in [0.3, 0.4) is 0 Å². The Kier molecular flexibility index (Phi) is 5.93.